The van der Waals surface area contributed by atoms with E-state index in [0.29, 0.717) is 6.42 Å². The third-order valence-corrected chi connectivity index (χ3v) is 3.55. The Kier molecular flexibility index (Phi) is 3.83. The van der Waals surface area contributed by atoms with Gasteiger partial charge in [0, 0.05) is 10.0 Å². The van der Waals surface area contributed by atoms with Crippen molar-refractivity contribution in [3.8, 4) is 6.07 Å². The van der Waals surface area contributed by atoms with Crippen LogP contribution in [-0.4, -0.2) is 5.16 Å². The highest BCUT2D eigenvalue weighted by Crippen LogP contribution is 2.25. The summed E-state index contributed by atoms with van der Waals surface area (Å²) in [6.07, 6.45) is 0.638. The fourth-order valence-electron chi connectivity index (χ4n) is 1.93. The predicted molar refractivity (Wildman–Crippen MR) is 72.2 cm³/mol. The van der Waals surface area contributed by atoms with Gasteiger partial charge >= 0.3 is 0 Å². The van der Waals surface area contributed by atoms with Gasteiger partial charge in [0.25, 0.3) is 0 Å². The molecule has 0 radical (unpaired) electrons. The maximum Gasteiger partial charge on any atom is 0.137 e. The summed E-state index contributed by atoms with van der Waals surface area (Å²) < 4.78 is 6.14. The van der Waals surface area contributed by atoms with E-state index in [0.717, 1.165) is 27.1 Å². The number of rotatable bonds is 3. The van der Waals surface area contributed by atoms with Gasteiger partial charge in [0.05, 0.1) is 17.7 Å². The lowest BCUT2D eigenvalue weighted by Gasteiger charge is -2.09. The first-order valence-corrected chi connectivity index (χ1v) is 6.48. The van der Waals surface area contributed by atoms with E-state index in [9.17, 15) is 5.26 Å². The SMILES string of the molecule is Cc1noc(C)c1CC(C#N)c1ccc(Br)cc1. The van der Waals surface area contributed by atoms with E-state index in [1.54, 1.807) is 0 Å². The van der Waals surface area contributed by atoms with Crippen molar-refractivity contribution in [2.75, 3.05) is 0 Å². The molecule has 1 atom stereocenters. The monoisotopic (exact) mass is 304 g/mol. The zero-order valence-corrected chi connectivity index (χ0v) is 11.9. The molecule has 1 aromatic carbocycles. The first-order chi connectivity index (χ1) is 8.61. The molecule has 0 aliphatic heterocycles. The minimum atomic E-state index is -0.171. The van der Waals surface area contributed by atoms with Crippen LogP contribution < -0.4 is 0 Å². The molecular weight excluding hydrogens is 292 g/mol. The normalized spacial score (nSPS) is 12.1. The highest BCUT2D eigenvalue weighted by Gasteiger charge is 2.17. The van der Waals surface area contributed by atoms with Gasteiger partial charge in [0.1, 0.15) is 5.76 Å². The molecule has 2 rings (SSSR count). The Morgan fingerprint density at radius 3 is 2.50 bits per heavy atom. The summed E-state index contributed by atoms with van der Waals surface area (Å²) in [5.74, 6) is 0.625. The van der Waals surface area contributed by atoms with Crippen molar-refractivity contribution in [2.24, 2.45) is 0 Å². The molecule has 92 valence electrons. The summed E-state index contributed by atoms with van der Waals surface area (Å²) in [5, 5.41) is 13.2. The van der Waals surface area contributed by atoms with Gasteiger partial charge < -0.3 is 4.52 Å². The number of nitriles is 1. The topological polar surface area (TPSA) is 49.8 Å². The summed E-state index contributed by atoms with van der Waals surface area (Å²) >= 11 is 3.39. The Morgan fingerprint density at radius 2 is 2.00 bits per heavy atom. The summed E-state index contributed by atoms with van der Waals surface area (Å²) in [6.45, 7) is 3.78. The van der Waals surface area contributed by atoms with Crippen molar-refractivity contribution >= 4 is 15.9 Å². The van der Waals surface area contributed by atoms with E-state index < -0.39 is 0 Å². The Hall–Kier alpha value is -1.60. The van der Waals surface area contributed by atoms with Gasteiger partial charge in [0.2, 0.25) is 0 Å². The lowest BCUT2D eigenvalue weighted by atomic mass is 9.92. The number of hydrogen-bond acceptors (Lipinski definition) is 3. The van der Waals surface area contributed by atoms with E-state index in [2.05, 4.69) is 27.2 Å². The number of aromatic nitrogens is 1. The molecule has 0 saturated carbocycles. The molecular formula is C14H13BrN2O. The Balaban J connectivity index is 2.26. The van der Waals surface area contributed by atoms with E-state index in [-0.39, 0.29) is 5.92 Å². The van der Waals surface area contributed by atoms with Crippen molar-refractivity contribution in [2.45, 2.75) is 26.2 Å². The number of nitrogens with zero attached hydrogens (tertiary/aromatic N) is 2. The first-order valence-electron chi connectivity index (χ1n) is 5.68. The van der Waals surface area contributed by atoms with Crippen LogP contribution in [0.4, 0.5) is 0 Å². The first kappa shape index (κ1) is 12.8. The quantitative estimate of drug-likeness (QED) is 0.864. The molecule has 0 aliphatic rings. The van der Waals surface area contributed by atoms with E-state index in [1.165, 1.54) is 0 Å². The van der Waals surface area contributed by atoms with Crippen LogP contribution in [-0.2, 0) is 6.42 Å². The van der Waals surface area contributed by atoms with Crippen LogP contribution in [0.2, 0.25) is 0 Å². The number of aryl methyl sites for hydroxylation is 2. The van der Waals surface area contributed by atoms with Gasteiger partial charge in [0.15, 0.2) is 0 Å². The molecule has 1 heterocycles. The number of hydrogen-bond donors (Lipinski definition) is 0. The number of benzene rings is 1. The Bertz CT molecular complexity index is 561. The maximum atomic E-state index is 9.32. The second-order valence-electron chi connectivity index (χ2n) is 4.24. The van der Waals surface area contributed by atoms with E-state index in [1.807, 2.05) is 38.1 Å². The van der Waals surface area contributed by atoms with Crippen LogP contribution in [0.25, 0.3) is 0 Å². The minimum Gasteiger partial charge on any atom is -0.361 e. The van der Waals surface area contributed by atoms with Gasteiger partial charge in [-0.25, -0.2) is 0 Å². The lowest BCUT2D eigenvalue weighted by molar-refractivity contribution is 0.392. The van der Waals surface area contributed by atoms with E-state index in [4.69, 9.17) is 4.52 Å². The van der Waals surface area contributed by atoms with Crippen molar-refractivity contribution in [3.63, 3.8) is 0 Å². The zero-order chi connectivity index (χ0) is 13.1. The summed E-state index contributed by atoms with van der Waals surface area (Å²) in [4.78, 5) is 0. The van der Waals surface area contributed by atoms with Gasteiger partial charge in [-0.2, -0.15) is 5.26 Å². The molecule has 0 saturated heterocycles. The molecule has 0 aliphatic carbocycles. The lowest BCUT2D eigenvalue weighted by Crippen LogP contribution is -2.02. The second-order valence-corrected chi connectivity index (χ2v) is 5.16. The molecule has 4 heteroatoms. The Labute approximate surface area is 115 Å². The summed E-state index contributed by atoms with van der Waals surface area (Å²) in [7, 11) is 0. The highest BCUT2D eigenvalue weighted by atomic mass is 79.9. The minimum absolute atomic E-state index is 0.171. The van der Waals surface area contributed by atoms with Crippen molar-refractivity contribution in [1.82, 2.24) is 5.16 Å². The standard InChI is InChI=1S/C14H13BrN2O/c1-9-14(10(2)18-17-9)7-12(8-16)11-3-5-13(15)6-4-11/h3-6,12H,7H2,1-2H3. The summed E-state index contributed by atoms with van der Waals surface area (Å²) in [6, 6.07) is 10.2. The molecule has 1 unspecified atom stereocenters. The van der Waals surface area contributed by atoms with E-state index >= 15 is 0 Å². The van der Waals surface area contributed by atoms with Crippen LogP contribution >= 0.6 is 15.9 Å². The van der Waals surface area contributed by atoms with Crippen molar-refractivity contribution < 1.29 is 4.52 Å². The largest absolute Gasteiger partial charge is 0.361 e. The fourth-order valence-corrected chi connectivity index (χ4v) is 2.19. The average Bonchev–Trinajstić information content (AvgIpc) is 2.68. The smallest absolute Gasteiger partial charge is 0.137 e. The molecule has 0 bridgehead atoms. The molecule has 0 fully saturated rings. The van der Waals surface area contributed by atoms with Crippen LogP contribution in [0.3, 0.4) is 0 Å². The average molecular weight is 305 g/mol. The molecule has 2 aromatic rings. The number of halogens is 1. The molecule has 0 spiro atoms. The molecule has 0 N–H and O–H groups in total. The van der Waals surface area contributed by atoms with Crippen molar-refractivity contribution in [1.29, 1.82) is 5.26 Å². The van der Waals surface area contributed by atoms with Gasteiger partial charge in [-0.3, -0.25) is 0 Å². The van der Waals surface area contributed by atoms with Crippen LogP contribution in [0.5, 0.6) is 0 Å². The second kappa shape index (κ2) is 5.36. The molecule has 3 nitrogen and oxygen atoms in total. The fraction of sp³-hybridized carbons (Fsp3) is 0.286. The van der Waals surface area contributed by atoms with Crippen LogP contribution in [0, 0.1) is 25.2 Å². The Morgan fingerprint density at radius 1 is 1.33 bits per heavy atom. The van der Waals surface area contributed by atoms with Gasteiger partial charge in [-0.05, 0) is 38.0 Å². The predicted octanol–water partition coefficient (Wildman–Crippen LogP) is 3.90. The molecule has 1 aromatic heterocycles. The third kappa shape index (κ3) is 2.62. The highest BCUT2D eigenvalue weighted by molar-refractivity contribution is 9.10. The third-order valence-electron chi connectivity index (χ3n) is 3.02. The van der Waals surface area contributed by atoms with Crippen LogP contribution in [0.1, 0.15) is 28.5 Å². The van der Waals surface area contributed by atoms with Crippen LogP contribution in [0.15, 0.2) is 33.3 Å². The molecule has 0 amide bonds. The maximum absolute atomic E-state index is 9.32. The van der Waals surface area contributed by atoms with Crippen molar-refractivity contribution in [3.05, 3.63) is 51.3 Å². The van der Waals surface area contributed by atoms with Gasteiger partial charge in [-0.1, -0.05) is 33.2 Å². The zero-order valence-electron chi connectivity index (χ0n) is 10.3. The van der Waals surface area contributed by atoms with Gasteiger partial charge in [-0.15, -0.1) is 0 Å². The summed E-state index contributed by atoms with van der Waals surface area (Å²) in [5.41, 5.74) is 2.91. The molecule has 18 heavy (non-hydrogen) atoms.